The van der Waals surface area contributed by atoms with Gasteiger partial charge in [0, 0.05) is 6.04 Å². The average Bonchev–Trinajstić information content (AvgIpc) is 2.24. The molecule has 0 saturated heterocycles. The predicted molar refractivity (Wildman–Crippen MR) is 63.0 cm³/mol. The van der Waals surface area contributed by atoms with Crippen molar-refractivity contribution in [1.29, 1.82) is 0 Å². The quantitative estimate of drug-likeness (QED) is 0.463. The molecule has 3 N–H and O–H groups in total. The zero-order chi connectivity index (χ0) is 11.0. The molecule has 0 aromatic carbocycles. The second-order valence-electron chi connectivity index (χ2n) is 3.97. The Morgan fingerprint density at radius 1 is 1.21 bits per heavy atom. The Kier molecular flexibility index (Phi) is 8.14. The van der Waals surface area contributed by atoms with E-state index in [1.807, 2.05) is 0 Å². The van der Waals surface area contributed by atoms with E-state index in [0.717, 1.165) is 26.1 Å². The van der Waals surface area contributed by atoms with Gasteiger partial charge in [-0.05, 0) is 32.0 Å². The van der Waals surface area contributed by atoms with Crippen molar-refractivity contribution < 1.29 is 0 Å². The zero-order valence-electron chi connectivity index (χ0n) is 10.2. The molecule has 0 amide bonds. The Balaban J connectivity index is 3.81. The largest absolute Gasteiger partial charge is 0.304 e. The van der Waals surface area contributed by atoms with Crippen LogP contribution >= 0.6 is 0 Å². The van der Waals surface area contributed by atoms with Crippen molar-refractivity contribution in [2.45, 2.75) is 46.6 Å². The molecule has 0 aromatic heterocycles. The van der Waals surface area contributed by atoms with Crippen molar-refractivity contribution in [3.05, 3.63) is 0 Å². The van der Waals surface area contributed by atoms with Crippen LogP contribution in [0.25, 0.3) is 0 Å². The molecule has 0 aliphatic rings. The molecule has 2 atom stereocenters. The summed E-state index contributed by atoms with van der Waals surface area (Å²) in [5.74, 6) is 6.21. The van der Waals surface area contributed by atoms with Gasteiger partial charge in [-0.25, -0.2) is 0 Å². The summed E-state index contributed by atoms with van der Waals surface area (Å²) in [6.45, 7) is 12.3. The SMILES string of the molecule is CCC(C)C(CCN(CC)CC)NN. The summed E-state index contributed by atoms with van der Waals surface area (Å²) in [7, 11) is 0. The van der Waals surface area contributed by atoms with Gasteiger partial charge in [0.2, 0.25) is 0 Å². The first-order valence-electron chi connectivity index (χ1n) is 5.87. The lowest BCUT2D eigenvalue weighted by Gasteiger charge is -2.25. The lowest BCUT2D eigenvalue weighted by Crippen LogP contribution is -2.42. The fourth-order valence-corrected chi connectivity index (χ4v) is 1.68. The van der Waals surface area contributed by atoms with Gasteiger partial charge in [0.05, 0.1) is 0 Å². The van der Waals surface area contributed by atoms with Crippen LogP contribution in [-0.4, -0.2) is 30.6 Å². The number of rotatable bonds is 8. The molecule has 0 radical (unpaired) electrons. The van der Waals surface area contributed by atoms with Crippen LogP contribution in [0.5, 0.6) is 0 Å². The minimum absolute atomic E-state index is 0.459. The Bertz CT molecular complexity index is 124. The summed E-state index contributed by atoms with van der Waals surface area (Å²) in [6.07, 6.45) is 2.33. The summed E-state index contributed by atoms with van der Waals surface area (Å²) in [5.41, 5.74) is 2.93. The maximum Gasteiger partial charge on any atom is 0.0248 e. The van der Waals surface area contributed by atoms with E-state index in [1.54, 1.807) is 0 Å². The summed E-state index contributed by atoms with van der Waals surface area (Å²) in [6, 6.07) is 0.459. The topological polar surface area (TPSA) is 41.3 Å². The molecule has 0 aliphatic carbocycles. The van der Waals surface area contributed by atoms with Gasteiger partial charge in [0.15, 0.2) is 0 Å². The van der Waals surface area contributed by atoms with Crippen LogP contribution in [0.2, 0.25) is 0 Å². The highest BCUT2D eigenvalue weighted by Gasteiger charge is 2.14. The van der Waals surface area contributed by atoms with Crippen molar-refractivity contribution in [3.63, 3.8) is 0 Å². The highest BCUT2D eigenvalue weighted by Crippen LogP contribution is 2.10. The van der Waals surface area contributed by atoms with Crippen molar-refractivity contribution in [1.82, 2.24) is 10.3 Å². The molecule has 0 fully saturated rings. The van der Waals surface area contributed by atoms with Crippen LogP contribution in [0.15, 0.2) is 0 Å². The Labute approximate surface area is 89.0 Å². The number of hydrogen-bond acceptors (Lipinski definition) is 3. The molecule has 2 unspecified atom stereocenters. The standard InChI is InChI=1S/C11H27N3/c1-5-10(4)11(13-12)8-9-14(6-2)7-3/h10-11,13H,5-9,12H2,1-4H3. The van der Waals surface area contributed by atoms with Crippen molar-refractivity contribution in [2.75, 3.05) is 19.6 Å². The van der Waals surface area contributed by atoms with Gasteiger partial charge in [-0.15, -0.1) is 0 Å². The van der Waals surface area contributed by atoms with Crippen LogP contribution in [0.4, 0.5) is 0 Å². The fourth-order valence-electron chi connectivity index (χ4n) is 1.68. The van der Waals surface area contributed by atoms with E-state index in [-0.39, 0.29) is 0 Å². The molecule has 86 valence electrons. The molecule has 0 heterocycles. The third-order valence-electron chi connectivity index (χ3n) is 3.20. The highest BCUT2D eigenvalue weighted by molar-refractivity contribution is 4.71. The molecule has 14 heavy (non-hydrogen) atoms. The third-order valence-corrected chi connectivity index (χ3v) is 3.20. The molecule has 0 aliphatic heterocycles. The molecule has 3 heteroatoms. The number of nitrogens with two attached hydrogens (primary N) is 1. The van der Waals surface area contributed by atoms with E-state index >= 15 is 0 Å². The maximum absolute atomic E-state index is 5.55. The predicted octanol–water partition coefficient (Wildman–Crippen LogP) is 1.60. The van der Waals surface area contributed by atoms with E-state index in [4.69, 9.17) is 5.84 Å². The second-order valence-corrected chi connectivity index (χ2v) is 3.97. The summed E-state index contributed by atoms with van der Waals surface area (Å²) in [5, 5.41) is 0. The molecule has 0 saturated carbocycles. The molecule has 0 rings (SSSR count). The van der Waals surface area contributed by atoms with Gasteiger partial charge >= 0.3 is 0 Å². The van der Waals surface area contributed by atoms with E-state index in [2.05, 4.69) is 38.0 Å². The molecular formula is C11H27N3. The van der Waals surface area contributed by atoms with Gasteiger partial charge in [-0.1, -0.05) is 34.1 Å². The molecule has 3 nitrogen and oxygen atoms in total. The van der Waals surface area contributed by atoms with E-state index in [0.29, 0.717) is 12.0 Å². The molecular weight excluding hydrogens is 174 g/mol. The lowest BCUT2D eigenvalue weighted by atomic mass is 9.97. The maximum atomic E-state index is 5.55. The number of hydrogen-bond donors (Lipinski definition) is 2. The Hall–Kier alpha value is -0.120. The van der Waals surface area contributed by atoms with Crippen molar-refractivity contribution >= 4 is 0 Å². The minimum Gasteiger partial charge on any atom is -0.304 e. The molecule has 0 spiro atoms. The van der Waals surface area contributed by atoms with Crippen LogP contribution in [-0.2, 0) is 0 Å². The first kappa shape index (κ1) is 13.9. The van der Waals surface area contributed by atoms with Crippen LogP contribution < -0.4 is 11.3 Å². The van der Waals surface area contributed by atoms with Gasteiger partial charge < -0.3 is 4.90 Å². The molecule has 0 aromatic rings. The van der Waals surface area contributed by atoms with Gasteiger partial charge in [-0.2, -0.15) is 0 Å². The lowest BCUT2D eigenvalue weighted by molar-refractivity contribution is 0.256. The van der Waals surface area contributed by atoms with E-state index in [1.165, 1.54) is 6.42 Å². The second kappa shape index (κ2) is 8.21. The number of hydrazine groups is 1. The van der Waals surface area contributed by atoms with E-state index in [9.17, 15) is 0 Å². The van der Waals surface area contributed by atoms with Gasteiger partial charge in [-0.3, -0.25) is 11.3 Å². The summed E-state index contributed by atoms with van der Waals surface area (Å²) >= 11 is 0. The smallest absolute Gasteiger partial charge is 0.0248 e. The first-order valence-corrected chi connectivity index (χ1v) is 5.87. The number of nitrogens with zero attached hydrogens (tertiary/aromatic N) is 1. The zero-order valence-corrected chi connectivity index (χ0v) is 10.2. The van der Waals surface area contributed by atoms with E-state index < -0.39 is 0 Å². The third kappa shape index (κ3) is 4.94. The van der Waals surface area contributed by atoms with Crippen LogP contribution in [0.3, 0.4) is 0 Å². The van der Waals surface area contributed by atoms with Gasteiger partial charge in [0.1, 0.15) is 0 Å². The van der Waals surface area contributed by atoms with Gasteiger partial charge in [0.25, 0.3) is 0 Å². The summed E-state index contributed by atoms with van der Waals surface area (Å²) < 4.78 is 0. The highest BCUT2D eigenvalue weighted by atomic mass is 15.2. The van der Waals surface area contributed by atoms with Crippen LogP contribution in [0, 0.1) is 5.92 Å². The minimum atomic E-state index is 0.459. The monoisotopic (exact) mass is 201 g/mol. The first-order chi connectivity index (χ1) is 6.69. The number of nitrogens with one attached hydrogen (secondary N) is 1. The Morgan fingerprint density at radius 2 is 1.79 bits per heavy atom. The Morgan fingerprint density at radius 3 is 2.14 bits per heavy atom. The van der Waals surface area contributed by atoms with Crippen molar-refractivity contribution in [2.24, 2.45) is 11.8 Å². The normalized spacial score (nSPS) is 15.9. The summed E-state index contributed by atoms with van der Waals surface area (Å²) in [4.78, 5) is 2.44. The fraction of sp³-hybridized carbons (Fsp3) is 1.00. The average molecular weight is 201 g/mol. The van der Waals surface area contributed by atoms with Crippen LogP contribution in [0.1, 0.15) is 40.5 Å². The molecule has 0 bridgehead atoms. The van der Waals surface area contributed by atoms with Crippen molar-refractivity contribution in [3.8, 4) is 0 Å².